The van der Waals surface area contributed by atoms with Gasteiger partial charge in [0, 0.05) is 52.8 Å². The summed E-state index contributed by atoms with van der Waals surface area (Å²) >= 11 is 0. The van der Waals surface area contributed by atoms with E-state index < -0.39 is 0 Å². The molecule has 0 radical (unpaired) electrons. The number of hydrogen-bond donors (Lipinski definition) is 2. The van der Waals surface area contributed by atoms with Crippen LogP contribution in [0.3, 0.4) is 0 Å². The van der Waals surface area contributed by atoms with Crippen LogP contribution in [-0.4, -0.2) is 75.3 Å². The number of pyridine rings is 2. The number of hydrogen-bond acceptors (Lipinski definition) is 8. The standard InChI is InChI=1S/C15H21N3O2.C8H9N.2C4H8O.2C2H6.CH5N/c1-10-6-7-18(9-10)14-5-4-12(15(20)16-3)17-13(14)8-11(2)19;1-2-5-8-6-3-4-7-9-8;2*1-2-4-5-3-1;3*1-2/h4-5,10H,6-9H2,1-3H3,(H,16,20);2-7H,1H3;2*1-4H2;2*1-2H3;2H2,1H3/b;5-2-;;;;;. The Bertz CT molecular complexity index is 985. The highest BCUT2D eigenvalue weighted by Gasteiger charge is 2.23. The molecule has 0 saturated carbocycles. The lowest BCUT2D eigenvalue weighted by atomic mass is 10.1. The number of anilines is 1. The average molecular weight is 630 g/mol. The molecule has 5 rings (SSSR count). The zero-order valence-electron chi connectivity index (χ0n) is 29.7. The van der Waals surface area contributed by atoms with Crippen LogP contribution >= 0.6 is 0 Å². The molecule has 0 aromatic carbocycles. The maximum absolute atomic E-state index is 11.7. The summed E-state index contributed by atoms with van der Waals surface area (Å²) < 4.78 is 9.89. The largest absolute Gasteiger partial charge is 0.381 e. The lowest BCUT2D eigenvalue weighted by molar-refractivity contribution is -0.116. The van der Waals surface area contributed by atoms with Gasteiger partial charge in [-0.2, -0.15) is 0 Å². The zero-order valence-corrected chi connectivity index (χ0v) is 29.7. The van der Waals surface area contributed by atoms with Crippen LogP contribution in [0.25, 0.3) is 6.08 Å². The van der Waals surface area contributed by atoms with Crippen molar-refractivity contribution in [2.24, 2.45) is 11.7 Å². The Morgan fingerprint density at radius 1 is 0.978 bits per heavy atom. The van der Waals surface area contributed by atoms with Gasteiger partial charge in [-0.25, -0.2) is 4.98 Å². The summed E-state index contributed by atoms with van der Waals surface area (Å²) in [7, 11) is 3.07. The van der Waals surface area contributed by atoms with Crippen LogP contribution in [-0.2, 0) is 20.7 Å². The SMILES string of the molecule is C/C=C\c1ccccn1.C1CCOC1.C1CCOC1.CC.CC.CN.CNC(=O)c1ccc(N2CCC(C)C2)c(CC(C)=O)n1. The Morgan fingerprint density at radius 2 is 1.56 bits per heavy atom. The number of nitrogens with zero attached hydrogens (tertiary/aromatic N) is 3. The number of carbonyl (C=O) groups excluding carboxylic acids is 2. The molecule has 1 unspecified atom stereocenters. The van der Waals surface area contributed by atoms with Crippen LogP contribution in [0.1, 0.15) is 102 Å². The van der Waals surface area contributed by atoms with E-state index in [0.29, 0.717) is 17.3 Å². The van der Waals surface area contributed by atoms with Gasteiger partial charge < -0.3 is 25.4 Å². The summed E-state index contributed by atoms with van der Waals surface area (Å²) in [5.74, 6) is 0.481. The monoisotopic (exact) mass is 629 g/mol. The molecule has 3 aliphatic heterocycles. The van der Waals surface area contributed by atoms with Crippen molar-refractivity contribution in [2.75, 3.05) is 58.5 Å². The third-order valence-corrected chi connectivity index (χ3v) is 6.27. The first-order valence-electron chi connectivity index (χ1n) is 16.7. The zero-order chi connectivity index (χ0) is 34.3. The van der Waals surface area contributed by atoms with E-state index in [9.17, 15) is 9.59 Å². The highest BCUT2D eigenvalue weighted by molar-refractivity contribution is 5.92. The van der Waals surface area contributed by atoms with Crippen molar-refractivity contribution >= 4 is 23.5 Å². The van der Waals surface area contributed by atoms with Gasteiger partial charge in [0.2, 0.25) is 0 Å². The normalized spacial score (nSPS) is 15.9. The van der Waals surface area contributed by atoms with Crippen LogP contribution in [0.2, 0.25) is 0 Å². The molecule has 1 amide bonds. The summed E-state index contributed by atoms with van der Waals surface area (Å²) in [5, 5.41) is 2.56. The molecule has 256 valence electrons. The Morgan fingerprint density at radius 3 is 1.93 bits per heavy atom. The molecule has 2 aromatic heterocycles. The number of carbonyl (C=O) groups is 2. The van der Waals surface area contributed by atoms with Gasteiger partial charge in [0.15, 0.2) is 0 Å². The third-order valence-electron chi connectivity index (χ3n) is 6.27. The maximum atomic E-state index is 11.7. The number of nitrogens with one attached hydrogen (secondary N) is 1. The Kier molecular flexibility index (Phi) is 30.2. The number of ketones is 1. The Hall–Kier alpha value is -3.14. The Labute approximate surface area is 274 Å². The van der Waals surface area contributed by atoms with E-state index in [-0.39, 0.29) is 18.1 Å². The first-order chi connectivity index (χ1) is 21.9. The van der Waals surface area contributed by atoms with Crippen molar-refractivity contribution < 1.29 is 19.1 Å². The molecule has 0 bridgehead atoms. The van der Waals surface area contributed by atoms with Crippen LogP contribution in [0.5, 0.6) is 0 Å². The fourth-order valence-electron chi connectivity index (χ4n) is 4.22. The molecule has 0 aliphatic carbocycles. The van der Waals surface area contributed by atoms with Gasteiger partial charge in [0.1, 0.15) is 11.5 Å². The van der Waals surface area contributed by atoms with Gasteiger partial charge in [-0.05, 0) is 89.3 Å². The van der Waals surface area contributed by atoms with E-state index in [2.05, 4.69) is 32.8 Å². The smallest absolute Gasteiger partial charge is 0.269 e. The van der Waals surface area contributed by atoms with Gasteiger partial charge in [0.05, 0.1) is 23.5 Å². The summed E-state index contributed by atoms with van der Waals surface area (Å²) in [6.07, 6.45) is 12.3. The molecular weight excluding hydrogens is 566 g/mol. The van der Waals surface area contributed by atoms with Crippen molar-refractivity contribution in [3.8, 4) is 0 Å². The first kappa shape index (κ1) is 44.0. The van der Waals surface area contributed by atoms with E-state index in [1.807, 2.05) is 71.0 Å². The van der Waals surface area contributed by atoms with Crippen molar-refractivity contribution in [1.82, 2.24) is 15.3 Å². The average Bonchev–Trinajstić information content (AvgIpc) is 3.91. The summed E-state index contributed by atoms with van der Waals surface area (Å²) in [5.41, 5.74) is 7.56. The fraction of sp³-hybridized carbons (Fsp3) is 0.611. The minimum absolute atomic E-state index is 0.0556. The summed E-state index contributed by atoms with van der Waals surface area (Å²) in [4.78, 5) is 33.8. The topological polar surface area (TPSA) is 120 Å². The van der Waals surface area contributed by atoms with Gasteiger partial charge >= 0.3 is 0 Å². The van der Waals surface area contributed by atoms with E-state index in [1.54, 1.807) is 26.2 Å². The highest BCUT2D eigenvalue weighted by Crippen LogP contribution is 2.26. The van der Waals surface area contributed by atoms with Crippen LogP contribution in [0.4, 0.5) is 5.69 Å². The second kappa shape index (κ2) is 30.9. The maximum Gasteiger partial charge on any atom is 0.269 e. The predicted octanol–water partition coefficient (Wildman–Crippen LogP) is 6.75. The molecule has 45 heavy (non-hydrogen) atoms. The van der Waals surface area contributed by atoms with Crippen molar-refractivity contribution in [3.05, 3.63) is 59.7 Å². The molecule has 9 nitrogen and oxygen atoms in total. The molecule has 0 spiro atoms. The molecule has 2 aromatic rings. The number of Topliss-reactive ketones (excluding diaryl/α,β-unsaturated/α-hetero) is 1. The minimum Gasteiger partial charge on any atom is -0.381 e. The van der Waals surface area contributed by atoms with Gasteiger partial charge in [-0.15, -0.1) is 0 Å². The second-order valence-electron chi connectivity index (χ2n) is 9.85. The van der Waals surface area contributed by atoms with Gasteiger partial charge in [-0.1, -0.05) is 46.8 Å². The van der Waals surface area contributed by atoms with Crippen molar-refractivity contribution in [3.63, 3.8) is 0 Å². The van der Waals surface area contributed by atoms with Crippen LogP contribution < -0.4 is 16.0 Å². The molecule has 3 aliphatic rings. The molecular formula is C36H63N5O4. The number of ether oxygens (including phenoxy) is 2. The summed E-state index contributed by atoms with van der Waals surface area (Å²) in [6, 6.07) is 9.49. The molecule has 9 heteroatoms. The summed E-state index contributed by atoms with van der Waals surface area (Å²) in [6.45, 7) is 19.7. The second-order valence-corrected chi connectivity index (χ2v) is 9.85. The van der Waals surface area contributed by atoms with Gasteiger partial charge in [-0.3, -0.25) is 14.6 Å². The van der Waals surface area contributed by atoms with E-state index in [4.69, 9.17) is 9.47 Å². The molecule has 3 saturated heterocycles. The predicted molar refractivity (Wildman–Crippen MR) is 190 cm³/mol. The minimum atomic E-state index is -0.226. The number of allylic oxidation sites excluding steroid dienone is 1. The van der Waals surface area contributed by atoms with Crippen molar-refractivity contribution in [2.45, 2.75) is 87.0 Å². The van der Waals surface area contributed by atoms with Crippen molar-refractivity contribution in [1.29, 1.82) is 0 Å². The number of nitrogens with two attached hydrogens (primary N) is 1. The molecule has 1 atom stereocenters. The number of amides is 1. The third kappa shape index (κ3) is 21.3. The molecule has 3 N–H and O–H groups in total. The van der Waals surface area contributed by atoms with E-state index in [1.165, 1.54) is 32.7 Å². The lowest BCUT2D eigenvalue weighted by Gasteiger charge is -2.21. The fourth-order valence-corrected chi connectivity index (χ4v) is 4.22. The number of aromatic nitrogens is 2. The molecule has 3 fully saturated rings. The Balaban J connectivity index is 0. The lowest BCUT2D eigenvalue weighted by Crippen LogP contribution is -2.24. The van der Waals surface area contributed by atoms with Gasteiger partial charge in [0.25, 0.3) is 5.91 Å². The quantitative estimate of drug-likeness (QED) is 0.373. The first-order valence-corrected chi connectivity index (χ1v) is 16.7. The van der Waals surface area contributed by atoms with Crippen LogP contribution in [0.15, 0.2) is 42.6 Å². The number of rotatable bonds is 5. The van der Waals surface area contributed by atoms with E-state index in [0.717, 1.165) is 57.3 Å². The highest BCUT2D eigenvalue weighted by atomic mass is 16.5. The van der Waals surface area contributed by atoms with E-state index >= 15 is 0 Å². The van der Waals surface area contributed by atoms with Crippen LogP contribution in [0, 0.1) is 5.92 Å². The molecule has 5 heterocycles.